The number of thiophene rings is 1. The fraction of sp³-hybridized carbons (Fsp3) is 0.0588. The first-order chi connectivity index (χ1) is 26.0. The lowest BCUT2D eigenvalue weighted by Crippen LogP contribution is -2.14. The third kappa shape index (κ3) is 3.96. The number of hydrogen-bond acceptors (Lipinski definition) is 2. The first-order valence-corrected chi connectivity index (χ1v) is 19.2. The molecule has 2 aromatic heterocycles. The Balaban J connectivity index is 1.10. The van der Waals surface area contributed by atoms with Crippen molar-refractivity contribution >= 4 is 85.8 Å². The summed E-state index contributed by atoms with van der Waals surface area (Å²) in [6.07, 6.45) is 0. The van der Waals surface area contributed by atoms with Gasteiger partial charge in [-0.15, -0.1) is 11.3 Å². The zero-order valence-electron chi connectivity index (χ0n) is 29.3. The van der Waals surface area contributed by atoms with E-state index < -0.39 is 0 Å². The van der Waals surface area contributed by atoms with Crippen LogP contribution in [0.15, 0.2) is 162 Å². The molecule has 2 heteroatoms. The van der Waals surface area contributed by atoms with Crippen LogP contribution in [0.1, 0.15) is 25.0 Å². The number of furan rings is 1. The van der Waals surface area contributed by atoms with Crippen LogP contribution in [0.3, 0.4) is 0 Å². The summed E-state index contributed by atoms with van der Waals surface area (Å²) in [4.78, 5) is 0. The molecule has 1 nitrogen and oxygen atoms in total. The van der Waals surface area contributed by atoms with Crippen molar-refractivity contribution < 1.29 is 4.42 Å². The summed E-state index contributed by atoms with van der Waals surface area (Å²) >= 11 is 1.87. The molecule has 0 N–H and O–H groups in total. The zero-order chi connectivity index (χ0) is 35.0. The standard InChI is InChI=1S/C51H32OS/c1-51(2)43-17-9-7-11-32(43)33-22-20-31(26-44(33)51)49-37-15-5-3-13-35(37)48(36-14-4-6-16-38(36)49)30-21-24-46-41(25-30)42-28-40-29(27-47(42)53-46)19-23-39-34-12-8-10-18-45(34)52-50(39)40/h3-28H,1-2H3. The molecule has 0 radical (unpaired) electrons. The predicted molar refractivity (Wildman–Crippen MR) is 228 cm³/mol. The van der Waals surface area contributed by atoms with E-state index in [-0.39, 0.29) is 5.41 Å². The van der Waals surface area contributed by atoms with Crippen molar-refractivity contribution in [3.05, 3.63) is 169 Å². The molecular weight excluding hydrogens is 661 g/mol. The van der Waals surface area contributed by atoms with E-state index in [1.54, 1.807) is 0 Å². The highest BCUT2D eigenvalue weighted by Crippen LogP contribution is 2.51. The molecule has 0 spiro atoms. The molecule has 0 amide bonds. The van der Waals surface area contributed by atoms with Gasteiger partial charge in [0.25, 0.3) is 0 Å². The molecular formula is C51H32OS. The van der Waals surface area contributed by atoms with Crippen LogP contribution in [0.2, 0.25) is 0 Å². The SMILES string of the molecule is CC1(C)c2ccccc2-c2ccc(-c3c4ccccc4c(-c4ccc5sc6cc7ccc8c9ccccc9oc8c7cc6c5c4)c4ccccc34)cc21. The second kappa shape index (κ2) is 10.4. The van der Waals surface area contributed by atoms with E-state index in [0.29, 0.717) is 0 Å². The van der Waals surface area contributed by atoms with Crippen LogP contribution in [0.4, 0.5) is 0 Å². The van der Waals surface area contributed by atoms with E-state index in [1.165, 1.54) is 97.0 Å². The zero-order valence-corrected chi connectivity index (χ0v) is 30.1. The molecule has 1 aliphatic rings. The van der Waals surface area contributed by atoms with Crippen LogP contribution in [-0.4, -0.2) is 0 Å². The normalized spacial score (nSPS) is 13.6. The Morgan fingerprint density at radius 2 is 1.02 bits per heavy atom. The lowest BCUT2D eigenvalue weighted by Gasteiger charge is -2.23. The van der Waals surface area contributed by atoms with Gasteiger partial charge in [0.15, 0.2) is 0 Å². The summed E-state index contributed by atoms with van der Waals surface area (Å²) in [7, 11) is 0. The molecule has 2 heterocycles. The first-order valence-electron chi connectivity index (χ1n) is 18.4. The van der Waals surface area contributed by atoms with Crippen LogP contribution in [0, 0.1) is 0 Å². The van der Waals surface area contributed by atoms with Gasteiger partial charge in [0.2, 0.25) is 0 Å². The van der Waals surface area contributed by atoms with E-state index >= 15 is 0 Å². The third-order valence-corrected chi connectivity index (χ3v) is 13.2. The van der Waals surface area contributed by atoms with Gasteiger partial charge in [0.05, 0.1) is 0 Å². The minimum atomic E-state index is -0.0618. The largest absolute Gasteiger partial charge is 0.455 e. The van der Waals surface area contributed by atoms with E-state index in [2.05, 4.69) is 166 Å². The lowest BCUT2D eigenvalue weighted by atomic mass is 9.80. The smallest absolute Gasteiger partial charge is 0.143 e. The molecule has 53 heavy (non-hydrogen) atoms. The molecule has 1 aliphatic carbocycles. The number of fused-ring (bicyclic) bond motifs is 13. The summed E-state index contributed by atoms with van der Waals surface area (Å²) in [5.41, 5.74) is 12.5. The monoisotopic (exact) mass is 692 g/mol. The van der Waals surface area contributed by atoms with Crippen LogP contribution >= 0.6 is 11.3 Å². The lowest BCUT2D eigenvalue weighted by molar-refractivity contribution is 0.660. The van der Waals surface area contributed by atoms with Crippen molar-refractivity contribution in [2.24, 2.45) is 0 Å². The molecule has 0 saturated carbocycles. The van der Waals surface area contributed by atoms with Gasteiger partial charge >= 0.3 is 0 Å². The summed E-state index contributed by atoms with van der Waals surface area (Å²) in [6, 6.07) is 58.7. The minimum Gasteiger partial charge on any atom is -0.455 e. The number of para-hydroxylation sites is 1. The molecule has 0 atom stereocenters. The average molecular weight is 693 g/mol. The average Bonchev–Trinajstić information content (AvgIpc) is 3.83. The predicted octanol–water partition coefficient (Wildman–Crippen LogP) is 15.1. The Morgan fingerprint density at radius 1 is 0.415 bits per heavy atom. The Bertz CT molecular complexity index is 3320. The van der Waals surface area contributed by atoms with Crippen LogP contribution < -0.4 is 0 Å². The van der Waals surface area contributed by atoms with Gasteiger partial charge < -0.3 is 4.42 Å². The fourth-order valence-electron chi connectivity index (χ4n) is 9.54. The minimum absolute atomic E-state index is 0.0618. The highest BCUT2D eigenvalue weighted by molar-refractivity contribution is 7.25. The van der Waals surface area contributed by atoms with Gasteiger partial charge in [0, 0.05) is 41.7 Å². The van der Waals surface area contributed by atoms with Crippen molar-refractivity contribution in [1.82, 2.24) is 0 Å². The summed E-state index contributed by atoms with van der Waals surface area (Å²) in [6.45, 7) is 4.74. The third-order valence-electron chi connectivity index (χ3n) is 12.0. The van der Waals surface area contributed by atoms with Gasteiger partial charge in [-0.1, -0.05) is 129 Å². The van der Waals surface area contributed by atoms with Crippen molar-refractivity contribution in [3.8, 4) is 33.4 Å². The second-order valence-corrected chi connectivity index (χ2v) is 16.3. The number of hydrogen-bond donors (Lipinski definition) is 0. The summed E-state index contributed by atoms with van der Waals surface area (Å²) in [5, 5.41) is 12.4. The first kappa shape index (κ1) is 29.4. The molecule has 0 unspecified atom stereocenters. The van der Waals surface area contributed by atoms with Gasteiger partial charge in [-0.2, -0.15) is 0 Å². The van der Waals surface area contributed by atoms with E-state index in [9.17, 15) is 0 Å². The van der Waals surface area contributed by atoms with Gasteiger partial charge in [0.1, 0.15) is 11.2 Å². The Kier molecular flexibility index (Phi) is 5.78. The molecule has 0 saturated heterocycles. The summed E-state index contributed by atoms with van der Waals surface area (Å²) in [5.74, 6) is 0. The molecule has 0 fully saturated rings. The van der Waals surface area contributed by atoms with Crippen LogP contribution in [0.5, 0.6) is 0 Å². The van der Waals surface area contributed by atoms with Gasteiger partial charge in [-0.05, 0) is 114 Å². The maximum absolute atomic E-state index is 6.50. The molecule has 248 valence electrons. The van der Waals surface area contributed by atoms with Gasteiger partial charge in [-0.25, -0.2) is 0 Å². The quantitative estimate of drug-likeness (QED) is 0.164. The highest BCUT2D eigenvalue weighted by Gasteiger charge is 2.35. The molecule has 0 bridgehead atoms. The van der Waals surface area contributed by atoms with E-state index in [0.717, 1.165) is 21.9 Å². The van der Waals surface area contributed by atoms with Crippen LogP contribution in [-0.2, 0) is 5.41 Å². The second-order valence-electron chi connectivity index (χ2n) is 15.2. The molecule has 0 aliphatic heterocycles. The molecule has 9 aromatic carbocycles. The van der Waals surface area contributed by atoms with Gasteiger partial charge in [-0.3, -0.25) is 0 Å². The highest BCUT2D eigenvalue weighted by atomic mass is 32.1. The van der Waals surface area contributed by atoms with E-state index in [1.807, 2.05) is 17.4 Å². The van der Waals surface area contributed by atoms with Crippen molar-refractivity contribution in [2.75, 3.05) is 0 Å². The number of rotatable bonds is 2. The molecule has 11 aromatic rings. The fourth-order valence-corrected chi connectivity index (χ4v) is 10.7. The Morgan fingerprint density at radius 3 is 1.77 bits per heavy atom. The topological polar surface area (TPSA) is 13.1 Å². The summed E-state index contributed by atoms with van der Waals surface area (Å²) < 4.78 is 9.09. The molecule has 12 rings (SSSR count). The van der Waals surface area contributed by atoms with E-state index in [4.69, 9.17) is 4.42 Å². The Hall–Kier alpha value is -6.22. The maximum Gasteiger partial charge on any atom is 0.143 e. The Labute approximate surface area is 310 Å². The number of benzene rings is 9. The van der Waals surface area contributed by atoms with Crippen molar-refractivity contribution in [2.45, 2.75) is 19.3 Å². The van der Waals surface area contributed by atoms with Crippen molar-refractivity contribution in [1.29, 1.82) is 0 Å². The van der Waals surface area contributed by atoms with Crippen molar-refractivity contribution in [3.63, 3.8) is 0 Å². The maximum atomic E-state index is 6.50. The van der Waals surface area contributed by atoms with Crippen LogP contribution in [0.25, 0.3) is 108 Å².